The summed E-state index contributed by atoms with van der Waals surface area (Å²) in [6.45, 7) is 9.13. The van der Waals surface area contributed by atoms with Crippen molar-refractivity contribution in [3.63, 3.8) is 0 Å². The van der Waals surface area contributed by atoms with E-state index in [1.54, 1.807) is 20.9 Å². The fraction of sp³-hybridized carbons (Fsp3) is 0.519. The molecule has 226 valence electrons. The van der Waals surface area contributed by atoms with Crippen LogP contribution in [-0.2, 0) is 21.2 Å². The molecular weight excluding hydrogens is 586 g/mol. The van der Waals surface area contributed by atoms with Gasteiger partial charge >= 0.3 is 0 Å². The van der Waals surface area contributed by atoms with Gasteiger partial charge in [-0.25, -0.2) is 17.7 Å². The Morgan fingerprint density at radius 1 is 1.34 bits per heavy atom. The Labute approximate surface area is 251 Å². The number of ether oxygens (including phenoxy) is 1. The summed E-state index contributed by atoms with van der Waals surface area (Å²) in [5.74, 6) is 1.37. The number of halogens is 1. The summed E-state index contributed by atoms with van der Waals surface area (Å²) in [5, 5.41) is 17.4. The lowest BCUT2D eigenvalue weighted by atomic mass is 9.87. The van der Waals surface area contributed by atoms with Crippen LogP contribution in [0.3, 0.4) is 0 Å². The second-order valence-corrected chi connectivity index (χ2v) is 14.5. The number of anilines is 3. The van der Waals surface area contributed by atoms with Crippen molar-refractivity contribution in [2.24, 2.45) is 0 Å². The normalized spacial score (nSPS) is 16.0. The van der Waals surface area contributed by atoms with Crippen molar-refractivity contribution >= 4 is 55.3 Å². The van der Waals surface area contributed by atoms with E-state index in [4.69, 9.17) is 21.7 Å². The van der Waals surface area contributed by atoms with Gasteiger partial charge in [-0.15, -0.1) is 0 Å². The quantitative estimate of drug-likeness (QED) is 0.149. The SMILES string of the molecule is CCCOc1cc(C2CCN(S(C)(=O)=O)CC2)c(C)cc1Nc1ncc(Cl)c(N/C(=C/NC)C(=N)[S+]([O-])C(C)C)n1. The fourth-order valence-electron chi connectivity index (χ4n) is 4.48. The third kappa shape index (κ3) is 8.71. The molecule has 4 N–H and O–H groups in total. The molecule has 11 nitrogen and oxygen atoms in total. The molecule has 1 saturated heterocycles. The van der Waals surface area contributed by atoms with Crippen molar-refractivity contribution in [3.8, 4) is 5.75 Å². The molecule has 0 radical (unpaired) electrons. The number of rotatable bonds is 12. The first kappa shape index (κ1) is 32.9. The van der Waals surface area contributed by atoms with Gasteiger partial charge in [0.25, 0.3) is 5.04 Å². The van der Waals surface area contributed by atoms with Crippen LogP contribution in [0.2, 0.25) is 5.02 Å². The largest absolute Gasteiger partial charge is 0.610 e. The lowest BCUT2D eigenvalue weighted by Gasteiger charge is -2.31. The van der Waals surface area contributed by atoms with E-state index in [0.29, 0.717) is 31.1 Å². The van der Waals surface area contributed by atoms with Crippen molar-refractivity contribution < 1.29 is 17.7 Å². The van der Waals surface area contributed by atoms with Gasteiger partial charge in [-0.3, -0.25) is 5.41 Å². The Balaban J connectivity index is 1.88. The van der Waals surface area contributed by atoms with Gasteiger partial charge in [0, 0.05) is 37.5 Å². The van der Waals surface area contributed by atoms with Crippen LogP contribution in [0.1, 0.15) is 57.1 Å². The molecule has 0 saturated carbocycles. The van der Waals surface area contributed by atoms with Crippen molar-refractivity contribution in [2.75, 3.05) is 43.6 Å². The summed E-state index contributed by atoms with van der Waals surface area (Å²) in [5.41, 5.74) is 3.14. The molecule has 0 amide bonds. The zero-order valence-corrected chi connectivity index (χ0v) is 26.8. The fourth-order valence-corrected chi connectivity index (χ4v) is 6.29. The Morgan fingerprint density at radius 3 is 2.61 bits per heavy atom. The molecule has 1 aliphatic heterocycles. The Hall–Kier alpha value is -2.58. The van der Waals surface area contributed by atoms with Gasteiger partial charge in [-0.1, -0.05) is 18.5 Å². The third-order valence-corrected chi connectivity index (χ3v) is 9.66. The van der Waals surface area contributed by atoms with E-state index in [1.807, 2.05) is 26.0 Å². The average molecular weight is 626 g/mol. The third-order valence-electron chi connectivity index (χ3n) is 6.60. The first-order valence-electron chi connectivity index (χ1n) is 13.5. The van der Waals surface area contributed by atoms with E-state index >= 15 is 0 Å². The molecule has 1 atom stereocenters. The predicted octanol–water partition coefficient (Wildman–Crippen LogP) is 4.72. The van der Waals surface area contributed by atoms with Crippen LogP contribution in [-0.4, -0.2) is 70.5 Å². The maximum atomic E-state index is 12.6. The molecule has 3 rings (SSSR count). The van der Waals surface area contributed by atoms with Crippen LogP contribution < -0.4 is 20.7 Å². The highest BCUT2D eigenvalue weighted by atomic mass is 35.5. The summed E-state index contributed by atoms with van der Waals surface area (Å²) in [6, 6.07) is 4.02. The van der Waals surface area contributed by atoms with E-state index in [0.717, 1.165) is 30.4 Å². The van der Waals surface area contributed by atoms with Gasteiger partial charge in [-0.05, 0) is 69.2 Å². The van der Waals surface area contributed by atoms with Crippen LogP contribution in [0.4, 0.5) is 17.5 Å². The summed E-state index contributed by atoms with van der Waals surface area (Å²) in [4.78, 5) is 8.85. The zero-order valence-electron chi connectivity index (χ0n) is 24.4. The summed E-state index contributed by atoms with van der Waals surface area (Å²) < 4.78 is 44.1. The van der Waals surface area contributed by atoms with Gasteiger partial charge < -0.3 is 25.2 Å². The number of piperidine rings is 1. The first-order chi connectivity index (χ1) is 19.3. The van der Waals surface area contributed by atoms with Crippen molar-refractivity contribution in [3.05, 3.63) is 46.4 Å². The molecular formula is C27H40ClN7O4S2. The van der Waals surface area contributed by atoms with Gasteiger partial charge in [-0.2, -0.15) is 4.98 Å². The molecule has 41 heavy (non-hydrogen) atoms. The van der Waals surface area contributed by atoms with Gasteiger partial charge in [0.2, 0.25) is 16.0 Å². The van der Waals surface area contributed by atoms with Crippen molar-refractivity contribution in [1.82, 2.24) is 19.6 Å². The predicted molar refractivity (Wildman–Crippen MR) is 167 cm³/mol. The van der Waals surface area contributed by atoms with Crippen molar-refractivity contribution in [2.45, 2.75) is 58.1 Å². The van der Waals surface area contributed by atoms with Crippen LogP contribution >= 0.6 is 11.6 Å². The molecule has 0 spiro atoms. The van der Waals surface area contributed by atoms with Crippen LogP contribution in [0.25, 0.3) is 0 Å². The standard InChI is InChI=1S/C27H40ClN7O4S2/c1-7-12-39-24-14-20(19-8-10-35(11-9-19)41(6,37)38)18(4)13-22(24)33-27-31-15-21(28)26(34-27)32-23(16-30-5)25(29)40(36)17(2)3/h13-17,19,29-30H,7-12H2,1-6H3,(H2,31,32,33,34)/b23-16+,29-25?. The summed E-state index contributed by atoms with van der Waals surface area (Å²) in [7, 11) is -1.52. The Bertz CT molecular complexity index is 1360. The van der Waals surface area contributed by atoms with Gasteiger partial charge in [0.05, 0.1) is 24.7 Å². The first-order valence-corrected chi connectivity index (χ1v) is 17.0. The molecule has 14 heteroatoms. The van der Waals surface area contributed by atoms with Gasteiger partial charge in [0.1, 0.15) is 21.7 Å². The molecule has 1 aliphatic rings. The van der Waals surface area contributed by atoms with Crippen LogP contribution in [0, 0.1) is 12.3 Å². The summed E-state index contributed by atoms with van der Waals surface area (Å²) >= 11 is 4.86. The highest BCUT2D eigenvalue weighted by Crippen LogP contribution is 2.38. The minimum atomic E-state index is -3.20. The molecule has 2 aromatic rings. The highest BCUT2D eigenvalue weighted by molar-refractivity contribution is 8.07. The molecule has 1 fully saturated rings. The van der Waals surface area contributed by atoms with E-state index in [2.05, 4.69) is 25.9 Å². The Kier molecular flexibility index (Phi) is 11.7. The second kappa shape index (κ2) is 14.5. The van der Waals surface area contributed by atoms with Crippen LogP contribution in [0.5, 0.6) is 5.75 Å². The van der Waals surface area contributed by atoms with E-state index in [1.165, 1.54) is 23.0 Å². The number of nitrogens with one attached hydrogen (secondary N) is 4. The maximum absolute atomic E-state index is 12.6. The maximum Gasteiger partial charge on any atom is 0.262 e. The average Bonchev–Trinajstić information content (AvgIpc) is 2.92. The number of hydrogen-bond acceptors (Lipinski definition) is 10. The number of aromatic nitrogens is 2. The molecule has 1 aromatic carbocycles. The lowest BCUT2D eigenvalue weighted by molar-refractivity contribution is 0.312. The van der Waals surface area contributed by atoms with E-state index in [9.17, 15) is 13.0 Å². The smallest absolute Gasteiger partial charge is 0.262 e. The second-order valence-electron chi connectivity index (χ2n) is 10.2. The molecule has 0 bridgehead atoms. The summed E-state index contributed by atoms with van der Waals surface area (Å²) in [6.07, 6.45) is 6.54. The highest BCUT2D eigenvalue weighted by Gasteiger charge is 2.28. The van der Waals surface area contributed by atoms with Gasteiger partial charge in [0.15, 0.2) is 5.82 Å². The topological polar surface area (TPSA) is 155 Å². The molecule has 1 unspecified atom stereocenters. The number of hydrogen-bond donors (Lipinski definition) is 4. The van der Waals surface area contributed by atoms with E-state index < -0.39 is 21.2 Å². The number of aryl methyl sites for hydroxylation is 1. The minimum Gasteiger partial charge on any atom is -0.610 e. The number of benzene rings is 1. The number of sulfonamides is 1. The minimum absolute atomic E-state index is 0.0811. The molecule has 0 aliphatic carbocycles. The van der Waals surface area contributed by atoms with Crippen molar-refractivity contribution in [1.29, 1.82) is 5.41 Å². The van der Waals surface area contributed by atoms with Crippen LogP contribution in [0.15, 0.2) is 30.2 Å². The lowest BCUT2D eigenvalue weighted by Crippen LogP contribution is -2.37. The molecule has 1 aromatic heterocycles. The van der Waals surface area contributed by atoms with E-state index in [-0.39, 0.29) is 38.7 Å². The Morgan fingerprint density at radius 2 is 2.02 bits per heavy atom. The molecule has 2 heterocycles. The zero-order chi connectivity index (χ0) is 30.3. The monoisotopic (exact) mass is 625 g/mol. The number of nitrogens with zero attached hydrogens (tertiary/aromatic N) is 3.